The maximum absolute atomic E-state index is 13.3. The average Bonchev–Trinajstić information content (AvgIpc) is 3.19. The zero-order chi connectivity index (χ0) is 19.1. The maximum Gasteiger partial charge on any atom is 0.340 e. The van der Waals surface area contributed by atoms with Gasteiger partial charge in [0.1, 0.15) is 11.9 Å². The zero-order valence-electron chi connectivity index (χ0n) is 13.9. The van der Waals surface area contributed by atoms with Gasteiger partial charge in [0.15, 0.2) is 0 Å². The summed E-state index contributed by atoms with van der Waals surface area (Å²) in [5, 5.41) is 2.52. The number of fused-ring (bicyclic) bond motifs is 1. The molecule has 1 saturated heterocycles. The summed E-state index contributed by atoms with van der Waals surface area (Å²) >= 11 is 5.74. The molecule has 1 unspecified atom stereocenters. The molecule has 4 rings (SSSR count). The van der Waals surface area contributed by atoms with Crippen LogP contribution in [0, 0.1) is 5.82 Å². The van der Waals surface area contributed by atoms with E-state index in [2.05, 4.69) is 5.32 Å². The van der Waals surface area contributed by atoms with Crippen molar-refractivity contribution < 1.29 is 23.5 Å². The first-order chi connectivity index (χ1) is 13.0. The fourth-order valence-electron chi connectivity index (χ4n) is 3.39. The summed E-state index contributed by atoms with van der Waals surface area (Å²) in [5.41, 5.74) is 1.25. The summed E-state index contributed by atoms with van der Waals surface area (Å²) in [5.74, 6) is -1.85. The Labute approximate surface area is 158 Å². The fourth-order valence-corrected chi connectivity index (χ4v) is 3.57. The normalized spacial score (nSPS) is 21.2. The molecule has 2 heterocycles. The minimum Gasteiger partial charge on any atom is -0.433 e. The molecule has 0 saturated carbocycles. The quantitative estimate of drug-likeness (QED) is 0.819. The summed E-state index contributed by atoms with van der Waals surface area (Å²) in [6, 6.07) is 9.76. The molecule has 138 valence electrons. The molecule has 2 amide bonds. The number of anilines is 1. The number of amides is 2. The van der Waals surface area contributed by atoms with E-state index in [4.69, 9.17) is 16.3 Å². The molecule has 0 aliphatic carbocycles. The average molecular weight is 389 g/mol. The largest absolute Gasteiger partial charge is 0.433 e. The monoisotopic (exact) mass is 388 g/mol. The Bertz CT molecular complexity index is 964. The van der Waals surface area contributed by atoms with E-state index >= 15 is 0 Å². The number of carbonyl (C=O) groups excluding carboxylic acids is 3. The molecule has 2 aliphatic heterocycles. The minimum atomic E-state index is -0.934. The number of halogens is 2. The van der Waals surface area contributed by atoms with Gasteiger partial charge in [0, 0.05) is 17.7 Å². The number of benzene rings is 2. The van der Waals surface area contributed by atoms with E-state index in [1.807, 2.05) is 0 Å². The highest BCUT2D eigenvalue weighted by Gasteiger charge is 2.46. The van der Waals surface area contributed by atoms with Crippen LogP contribution in [0.15, 0.2) is 42.5 Å². The van der Waals surface area contributed by atoms with Crippen molar-refractivity contribution in [3.8, 4) is 0 Å². The van der Waals surface area contributed by atoms with Gasteiger partial charge < -0.3 is 10.1 Å². The van der Waals surface area contributed by atoms with E-state index < -0.39 is 30.0 Å². The van der Waals surface area contributed by atoms with Crippen LogP contribution in [0.4, 0.5) is 10.1 Å². The lowest BCUT2D eigenvalue weighted by Gasteiger charge is -2.29. The Kier molecular flexibility index (Phi) is 4.31. The lowest BCUT2D eigenvalue weighted by molar-refractivity contribution is -0.144. The van der Waals surface area contributed by atoms with Crippen LogP contribution in [0.2, 0.25) is 5.02 Å². The van der Waals surface area contributed by atoms with Crippen molar-refractivity contribution >= 4 is 35.1 Å². The first-order valence-electron chi connectivity index (χ1n) is 8.32. The van der Waals surface area contributed by atoms with Gasteiger partial charge >= 0.3 is 5.97 Å². The van der Waals surface area contributed by atoms with E-state index in [9.17, 15) is 18.8 Å². The number of hydrogen-bond donors (Lipinski definition) is 1. The standard InChI is InChI=1S/C19H14ClFN2O4/c20-13-9-10(5-6-14(13)21)22-17(25)15-7-8-16(24)23(15)18-11-3-1-2-4-12(11)19(26)27-18/h1-6,9,15,18H,7-8H2,(H,22,25)/t15-,18?/m0/s1. The van der Waals surface area contributed by atoms with Crippen LogP contribution in [0.25, 0.3) is 0 Å². The van der Waals surface area contributed by atoms with Gasteiger partial charge in [0.05, 0.1) is 10.6 Å². The van der Waals surface area contributed by atoms with E-state index in [0.717, 1.165) is 6.07 Å². The highest BCUT2D eigenvalue weighted by Crippen LogP contribution is 2.38. The third kappa shape index (κ3) is 3.04. The summed E-state index contributed by atoms with van der Waals surface area (Å²) < 4.78 is 18.7. The number of esters is 1. The molecule has 1 N–H and O–H groups in total. The van der Waals surface area contributed by atoms with E-state index in [1.165, 1.54) is 17.0 Å². The molecule has 8 heteroatoms. The van der Waals surface area contributed by atoms with Crippen molar-refractivity contribution in [2.45, 2.75) is 25.1 Å². The Balaban J connectivity index is 1.59. The van der Waals surface area contributed by atoms with E-state index in [0.29, 0.717) is 16.8 Å². The SMILES string of the molecule is O=C1OC(N2C(=O)CC[C@H]2C(=O)Nc2ccc(F)c(Cl)c2)c2ccccc21. The summed E-state index contributed by atoms with van der Waals surface area (Å²) in [6.45, 7) is 0. The molecule has 0 radical (unpaired) electrons. The number of likely N-dealkylation sites (tertiary alicyclic amines) is 1. The molecule has 2 aromatic carbocycles. The number of nitrogens with zero attached hydrogens (tertiary/aromatic N) is 1. The summed E-state index contributed by atoms with van der Waals surface area (Å²) in [6.07, 6.45) is -0.481. The number of rotatable bonds is 3. The maximum atomic E-state index is 13.3. The molecule has 0 aromatic heterocycles. The van der Waals surface area contributed by atoms with Gasteiger partial charge in [0.2, 0.25) is 18.0 Å². The van der Waals surface area contributed by atoms with Crippen LogP contribution in [-0.2, 0) is 14.3 Å². The summed E-state index contributed by atoms with van der Waals surface area (Å²) in [4.78, 5) is 38.5. The molecule has 2 aromatic rings. The van der Waals surface area contributed by atoms with Crippen molar-refractivity contribution in [2.24, 2.45) is 0 Å². The van der Waals surface area contributed by atoms with Crippen molar-refractivity contribution in [1.82, 2.24) is 4.90 Å². The van der Waals surface area contributed by atoms with Gasteiger partial charge in [-0.2, -0.15) is 0 Å². The number of ether oxygens (including phenoxy) is 1. The second-order valence-electron chi connectivity index (χ2n) is 6.32. The highest BCUT2D eigenvalue weighted by atomic mass is 35.5. The molecule has 27 heavy (non-hydrogen) atoms. The smallest absolute Gasteiger partial charge is 0.340 e. The molecular formula is C19H14ClFN2O4. The van der Waals surface area contributed by atoms with Gasteiger partial charge in [-0.25, -0.2) is 9.18 Å². The van der Waals surface area contributed by atoms with Crippen LogP contribution in [0.1, 0.15) is 35.0 Å². The van der Waals surface area contributed by atoms with Crippen molar-refractivity contribution in [3.63, 3.8) is 0 Å². The third-order valence-electron chi connectivity index (χ3n) is 4.66. The Morgan fingerprint density at radius 3 is 2.78 bits per heavy atom. The van der Waals surface area contributed by atoms with E-state index in [-0.39, 0.29) is 23.8 Å². The van der Waals surface area contributed by atoms with Gasteiger partial charge in [0.25, 0.3) is 0 Å². The van der Waals surface area contributed by atoms with Gasteiger partial charge in [-0.05, 0) is 30.7 Å². The molecular weight excluding hydrogens is 375 g/mol. The number of hydrogen-bond acceptors (Lipinski definition) is 4. The molecule has 2 atom stereocenters. The highest BCUT2D eigenvalue weighted by molar-refractivity contribution is 6.31. The number of nitrogens with one attached hydrogen (secondary N) is 1. The summed E-state index contributed by atoms with van der Waals surface area (Å²) in [7, 11) is 0. The molecule has 1 fully saturated rings. The molecule has 2 aliphatic rings. The molecule has 0 spiro atoms. The second kappa shape index (κ2) is 6.66. The van der Waals surface area contributed by atoms with Crippen LogP contribution < -0.4 is 5.32 Å². The Hall–Kier alpha value is -2.93. The van der Waals surface area contributed by atoms with E-state index in [1.54, 1.807) is 24.3 Å². The lowest BCUT2D eigenvalue weighted by atomic mass is 10.1. The number of carbonyl (C=O) groups is 3. The van der Waals surface area contributed by atoms with Gasteiger partial charge in [-0.15, -0.1) is 0 Å². The van der Waals surface area contributed by atoms with Crippen LogP contribution in [0.3, 0.4) is 0 Å². The van der Waals surface area contributed by atoms with Gasteiger partial charge in [-0.3, -0.25) is 14.5 Å². The minimum absolute atomic E-state index is 0.120. The predicted molar refractivity (Wildman–Crippen MR) is 94.5 cm³/mol. The van der Waals surface area contributed by atoms with Crippen LogP contribution in [-0.4, -0.2) is 28.7 Å². The zero-order valence-corrected chi connectivity index (χ0v) is 14.7. The van der Waals surface area contributed by atoms with Crippen LogP contribution in [0.5, 0.6) is 0 Å². The fraction of sp³-hybridized carbons (Fsp3) is 0.211. The molecule has 6 nitrogen and oxygen atoms in total. The first kappa shape index (κ1) is 17.5. The first-order valence-corrected chi connectivity index (χ1v) is 8.70. The lowest BCUT2D eigenvalue weighted by Crippen LogP contribution is -2.43. The van der Waals surface area contributed by atoms with Gasteiger partial charge in [-0.1, -0.05) is 29.8 Å². The topological polar surface area (TPSA) is 75.7 Å². The van der Waals surface area contributed by atoms with Crippen LogP contribution >= 0.6 is 11.6 Å². The van der Waals surface area contributed by atoms with Crippen molar-refractivity contribution in [3.05, 3.63) is 64.4 Å². The number of cyclic esters (lactones) is 1. The Morgan fingerprint density at radius 2 is 2.00 bits per heavy atom. The molecule has 0 bridgehead atoms. The predicted octanol–water partition coefficient (Wildman–Crippen LogP) is 3.28. The Morgan fingerprint density at radius 1 is 1.22 bits per heavy atom. The second-order valence-corrected chi connectivity index (χ2v) is 6.73. The third-order valence-corrected chi connectivity index (χ3v) is 4.95. The van der Waals surface area contributed by atoms with Crippen molar-refractivity contribution in [2.75, 3.05) is 5.32 Å². The van der Waals surface area contributed by atoms with Crippen molar-refractivity contribution in [1.29, 1.82) is 0 Å².